The summed E-state index contributed by atoms with van der Waals surface area (Å²) < 4.78 is 15.4. The lowest BCUT2D eigenvalue weighted by molar-refractivity contribution is -0.186. The second kappa shape index (κ2) is 5.30. The number of ether oxygens (including phenoxy) is 3. The van der Waals surface area contributed by atoms with Crippen LogP contribution in [0.25, 0.3) is 0 Å². The van der Waals surface area contributed by atoms with Crippen LogP contribution >= 0.6 is 11.6 Å². The molecule has 16 heavy (non-hydrogen) atoms. The van der Waals surface area contributed by atoms with Crippen LogP contribution in [-0.2, 0) is 14.2 Å². The van der Waals surface area contributed by atoms with Gasteiger partial charge in [-0.3, -0.25) is 0 Å². The molecule has 1 aliphatic heterocycles. The van der Waals surface area contributed by atoms with Crippen LogP contribution in [0.3, 0.4) is 0 Å². The topological polar surface area (TPSA) is 44.8 Å². The minimum atomic E-state index is -0.641. The lowest BCUT2D eigenvalue weighted by Gasteiger charge is -2.22. The third-order valence-corrected chi connectivity index (χ3v) is 2.45. The number of benzene rings is 1. The molecule has 1 unspecified atom stereocenters. The van der Waals surface area contributed by atoms with Gasteiger partial charge in [0.15, 0.2) is 0 Å². The predicted molar refractivity (Wildman–Crippen MR) is 57.4 cm³/mol. The lowest BCUT2D eigenvalue weighted by atomic mass is 10.2. The molecule has 1 aromatic rings. The number of rotatable bonds is 2. The van der Waals surface area contributed by atoms with E-state index in [0.717, 1.165) is 0 Å². The van der Waals surface area contributed by atoms with E-state index < -0.39 is 12.3 Å². The van der Waals surface area contributed by atoms with E-state index >= 15 is 0 Å². The molecule has 0 bridgehead atoms. The van der Waals surface area contributed by atoms with E-state index in [9.17, 15) is 4.79 Å². The number of carbonyl (C=O) groups excluding carboxylic acids is 1. The number of esters is 1. The molecule has 1 aromatic carbocycles. The molecule has 1 heterocycles. The molecular formula is C11H11ClO4. The second-order valence-corrected chi connectivity index (χ2v) is 3.67. The Balaban J connectivity index is 2.00. The molecular weight excluding hydrogens is 232 g/mol. The fourth-order valence-electron chi connectivity index (χ4n) is 1.34. The van der Waals surface area contributed by atoms with Gasteiger partial charge >= 0.3 is 5.97 Å². The van der Waals surface area contributed by atoms with Gasteiger partial charge in [0.2, 0.25) is 6.29 Å². The van der Waals surface area contributed by atoms with Gasteiger partial charge in [-0.1, -0.05) is 23.7 Å². The molecule has 1 aliphatic rings. The summed E-state index contributed by atoms with van der Waals surface area (Å²) in [5.74, 6) is -0.499. The van der Waals surface area contributed by atoms with E-state index in [1.165, 1.54) is 0 Å². The molecule has 1 fully saturated rings. The highest BCUT2D eigenvalue weighted by Crippen LogP contribution is 2.17. The summed E-state index contributed by atoms with van der Waals surface area (Å²) in [6.45, 7) is 1.22. The number of carbonyl (C=O) groups is 1. The van der Waals surface area contributed by atoms with Crippen LogP contribution in [0.4, 0.5) is 0 Å². The molecule has 0 radical (unpaired) electrons. The fourth-order valence-corrected chi connectivity index (χ4v) is 1.56. The zero-order valence-corrected chi connectivity index (χ0v) is 9.27. The van der Waals surface area contributed by atoms with Gasteiger partial charge in [0.1, 0.15) is 6.61 Å². The summed E-state index contributed by atoms with van der Waals surface area (Å²) in [7, 11) is 0. The zero-order chi connectivity index (χ0) is 11.4. The van der Waals surface area contributed by atoms with Crippen molar-refractivity contribution in [2.75, 3.05) is 19.8 Å². The quantitative estimate of drug-likeness (QED) is 0.743. The summed E-state index contributed by atoms with van der Waals surface area (Å²) in [6.07, 6.45) is -0.641. The Bertz CT molecular complexity index is 374. The third-order valence-electron chi connectivity index (χ3n) is 2.12. The van der Waals surface area contributed by atoms with Crippen LogP contribution < -0.4 is 0 Å². The van der Waals surface area contributed by atoms with Gasteiger partial charge in [-0.15, -0.1) is 0 Å². The van der Waals surface area contributed by atoms with Crippen molar-refractivity contribution in [3.63, 3.8) is 0 Å². The molecule has 0 saturated carbocycles. The average molecular weight is 243 g/mol. The molecule has 0 N–H and O–H groups in total. The SMILES string of the molecule is O=C(OC1COCCO1)c1ccccc1Cl. The van der Waals surface area contributed by atoms with Crippen LogP contribution in [0.2, 0.25) is 5.02 Å². The maximum absolute atomic E-state index is 11.7. The highest BCUT2D eigenvalue weighted by atomic mass is 35.5. The molecule has 86 valence electrons. The third kappa shape index (κ3) is 2.72. The number of halogens is 1. The van der Waals surface area contributed by atoms with Crippen LogP contribution in [0.5, 0.6) is 0 Å². The molecule has 5 heteroatoms. The Morgan fingerprint density at radius 1 is 1.38 bits per heavy atom. The van der Waals surface area contributed by atoms with E-state index in [2.05, 4.69) is 0 Å². The first-order valence-corrected chi connectivity index (χ1v) is 5.30. The molecule has 0 aliphatic carbocycles. The Morgan fingerprint density at radius 2 is 2.19 bits per heavy atom. The average Bonchev–Trinajstić information content (AvgIpc) is 2.31. The Hall–Kier alpha value is -1.10. The van der Waals surface area contributed by atoms with Gasteiger partial charge in [0.05, 0.1) is 23.8 Å². The highest BCUT2D eigenvalue weighted by molar-refractivity contribution is 6.33. The molecule has 4 nitrogen and oxygen atoms in total. The molecule has 0 aromatic heterocycles. The zero-order valence-electron chi connectivity index (χ0n) is 8.52. The van der Waals surface area contributed by atoms with Crippen LogP contribution in [0.15, 0.2) is 24.3 Å². The van der Waals surface area contributed by atoms with Crippen molar-refractivity contribution in [3.8, 4) is 0 Å². The molecule has 0 amide bonds. The first kappa shape index (κ1) is 11.4. The van der Waals surface area contributed by atoms with Crippen LogP contribution in [0, 0.1) is 0 Å². The second-order valence-electron chi connectivity index (χ2n) is 3.26. The van der Waals surface area contributed by atoms with Crippen molar-refractivity contribution in [2.45, 2.75) is 6.29 Å². The smallest absolute Gasteiger partial charge is 0.342 e. The van der Waals surface area contributed by atoms with Gasteiger partial charge in [-0.2, -0.15) is 0 Å². The van der Waals surface area contributed by atoms with Crippen molar-refractivity contribution in [3.05, 3.63) is 34.9 Å². The van der Waals surface area contributed by atoms with Crippen LogP contribution in [0.1, 0.15) is 10.4 Å². The first-order chi connectivity index (χ1) is 7.77. The summed E-state index contributed by atoms with van der Waals surface area (Å²) >= 11 is 5.86. The summed E-state index contributed by atoms with van der Waals surface area (Å²) in [5.41, 5.74) is 0.332. The fraction of sp³-hybridized carbons (Fsp3) is 0.364. The monoisotopic (exact) mass is 242 g/mol. The Labute approximate surface area is 98.1 Å². The van der Waals surface area contributed by atoms with Crippen molar-refractivity contribution in [2.24, 2.45) is 0 Å². The van der Waals surface area contributed by atoms with Crippen LogP contribution in [-0.4, -0.2) is 32.1 Å². The van der Waals surface area contributed by atoms with Crippen molar-refractivity contribution in [1.29, 1.82) is 0 Å². The molecule has 1 atom stereocenters. The predicted octanol–water partition coefficient (Wildman–Crippen LogP) is 1.87. The first-order valence-electron chi connectivity index (χ1n) is 4.92. The maximum atomic E-state index is 11.7. The van der Waals surface area contributed by atoms with Gasteiger partial charge in [0, 0.05) is 0 Å². The van der Waals surface area contributed by atoms with E-state index in [-0.39, 0.29) is 6.61 Å². The van der Waals surface area contributed by atoms with Gasteiger partial charge < -0.3 is 14.2 Å². The number of hydrogen-bond acceptors (Lipinski definition) is 4. The Morgan fingerprint density at radius 3 is 2.88 bits per heavy atom. The highest BCUT2D eigenvalue weighted by Gasteiger charge is 2.20. The minimum absolute atomic E-state index is 0.260. The van der Waals surface area contributed by atoms with E-state index in [1.807, 2.05) is 0 Å². The van der Waals surface area contributed by atoms with Crippen molar-refractivity contribution < 1.29 is 19.0 Å². The number of hydrogen-bond donors (Lipinski definition) is 0. The normalized spacial score (nSPS) is 20.4. The minimum Gasteiger partial charge on any atom is -0.430 e. The van der Waals surface area contributed by atoms with E-state index in [0.29, 0.717) is 23.8 Å². The Kier molecular flexibility index (Phi) is 3.77. The molecule has 2 rings (SSSR count). The summed E-state index contributed by atoms with van der Waals surface area (Å²) in [5, 5.41) is 0.365. The largest absolute Gasteiger partial charge is 0.430 e. The maximum Gasteiger partial charge on any atom is 0.342 e. The van der Waals surface area contributed by atoms with E-state index in [4.69, 9.17) is 25.8 Å². The van der Waals surface area contributed by atoms with Crippen molar-refractivity contribution in [1.82, 2.24) is 0 Å². The van der Waals surface area contributed by atoms with Crippen molar-refractivity contribution >= 4 is 17.6 Å². The molecule has 0 spiro atoms. The van der Waals surface area contributed by atoms with E-state index in [1.54, 1.807) is 24.3 Å². The lowest BCUT2D eigenvalue weighted by Crippen LogP contribution is -2.32. The summed E-state index contributed by atoms with van der Waals surface area (Å²) in [4.78, 5) is 11.7. The molecule has 1 saturated heterocycles. The van der Waals surface area contributed by atoms with Gasteiger partial charge in [-0.25, -0.2) is 4.79 Å². The summed E-state index contributed by atoms with van der Waals surface area (Å²) in [6, 6.07) is 6.71. The standard InChI is InChI=1S/C11H11ClO4/c12-9-4-2-1-3-8(9)11(13)16-10-7-14-5-6-15-10/h1-4,10H,5-7H2. The van der Waals surface area contributed by atoms with Gasteiger partial charge in [0.25, 0.3) is 0 Å². The van der Waals surface area contributed by atoms with Gasteiger partial charge in [-0.05, 0) is 12.1 Å².